The van der Waals surface area contributed by atoms with Crippen LogP contribution in [-0.2, 0) is 32.5 Å². The normalized spacial score (nSPS) is 15.3. The van der Waals surface area contributed by atoms with Gasteiger partial charge in [0.2, 0.25) is 10.0 Å². The van der Waals surface area contributed by atoms with E-state index in [9.17, 15) is 18.0 Å². The van der Waals surface area contributed by atoms with Crippen molar-refractivity contribution >= 4 is 21.9 Å². The number of sulfonamides is 1. The lowest BCUT2D eigenvalue weighted by atomic mass is 10.0. The Morgan fingerprint density at radius 3 is 2.45 bits per heavy atom. The van der Waals surface area contributed by atoms with E-state index in [1.807, 2.05) is 24.3 Å². The van der Waals surface area contributed by atoms with E-state index in [1.165, 1.54) is 40.4 Å². The first kappa shape index (κ1) is 21.0. The first-order valence-corrected chi connectivity index (χ1v) is 10.7. The van der Waals surface area contributed by atoms with Crippen LogP contribution in [-0.4, -0.2) is 56.2 Å². The minimum absolute atomic E-state index is 0.0259. The van der Waals surface area contributed by atoms with Gasteiger partial charge in [-0.05, 0) is 42.7 Å². The van der Waals surface area contributed by atoms with Gasteiger partial charge >= 0.3 is 5.97 Å². The van der Waals surface area contributed by atoms with Crippen molar-refractivity contribution in [1.29, 1.82) is 0 Å². The minimum atomic E-state index is -3.77. The summed E-state index contributed by atoms with van der Waals surface area (Å²) in [5.74, 6) is -1.09. The molecule has 0 radical (unpaired) electrons. The van der Waals surface area contributed by atoms with Crippen molar-refractivity contribution < 1.29 is 22.7 Å². The van der Waals surface area contributed by atoms with Gasteiger partial charge in [0.05, 0.1) is 10.5 Å². The molecule has 1 amide bonds. The molecule has 2 aromatic carbocycles. The van der Waals surface area contributed by atoms with Crippen LogP contribution in [0.1, 0.15) is 28.4 Å². The monoisotopic (exact) mass is 416 g/mol. The summed E-state index contributed by atoms with van der Waals surface area (Å²) in [6.45, 7) is 2.15. The molecule has 1 aliphatic rings. The molecule has 0 bridgehead atoms. The Morgan fingerprint density at radius 1 is 1.07 bits per heavy atom. The van der Waals surface area contributed by atoms with Gasteiger partial charge in [0.15, 0.2) is 6.10 Å². The van der Waals surface area contributed by atoms with Gasteiger partial charge in [-0.15, -0.1) is 0 Å². The van der Waals surface area contributed by atoms with Crippen molar-refractivity contribution in [2.75, 3.05) is 20.6 Å². The number of amides is 1. The van der Waals surface area contributed by atoms with Crippen LogP contribution in [0.2, 0.25) is 0 Å². The molecule has 0 fully saturated rings. The summed E-state index contributed by atoms with van der Waals surface area (Å²) in [6.07, 6.45) is -0.322. The Kier molecular flexibility index (Phi) is 6.04. The van der Waals surface area contributed by atoms with Crippen LogP contribution < -0.4 is 0 Å². The highest BCUT2D eigenvalue weighted by molar-refractivity contribution is 7.89. The van der Waals surface area contributed by atoms with Gasteiger partial charge in [-0.25, -0.2) is 13.2 Å². The molecule has 0 N–H and O–H groups in total. The number of ether oxygens (including phenoxy) is 1. The summed E-state index contributed by atoms with van der Waals surface area (Å²) >= 11 is 0. The number of rotatable bonds is 5. The number of likely N-dealkylation sites (N-methyl/N-ethyl adjacent to an activating group) is 1. The number of carbonyl (C=O) groups excluding carboxylic acids is 2. The molecule has 0 unspecified atom stereocenters. The maximum absolute atomic E-state index is 13.1. The second-order valence-electron chi connectivity index (χ2n) is 7.17. The molecule has 29 heavy (non-hydrogen) atoms. The summed E-state index contributed by atoms with van der Waals surface area (Å²) in [5.41, 5.74) is 2.21. The molecule has 2 aromatic rings. The van der Waals surface area contributed by atoms with Crippen molar-refractivity contribution in [2.45, 2.75) is 30.9 Å². The van der Waals surface area contributed by atoms with Gasteiger partial charge in [0, 0.05) is 27.2 Å². The van der Waals surface area contributed by atoms with Crippen molar-refractivity contribution in [3.05, 3.63) is 65.2 Å². The molecule has 1 heterocycles. The van der Waals surface area contributed by atoms with E-state index in [-0.39, 0.29) is 16.4 Å². The van der Waals surface area contributed by atoms with Gasteiger partial charge in [0.1, 0.15) is 0 Å². The van der Waals surface area contributed by atoms with E-state index in [1.54, 1.807) is 14.1 Å². The fraction of sp³-hybridized carbons (Fsp3) is 0.333. The van der Waals surface area contributed by atoms with Crippen LogP contribution in [0.5, 0.6) is 0 Å². The Hall–Kier alpha value is -2.71. The molecule has 154 valence electrons. The smallest absolute Gasteiger partial charge is 0.338 e. The second-order valence-corrected chi connectivity index (χ2v) is 9.10. The number of benzene rings is 2. The topological polar surface area (TPSA) is 84.0 Å². The average Bonchev–Trinajstić information content (AvgIpc) is 2.72. The minimum Gasteiger partial charge on any atom is -0.449 e. The highest BCUT2D eigenvalue weighted by Crippen LogP contribution is 2.25. The van der Waals surface area contributed by atoms with E-state index in [4.69, 9.17) is 4.74 Å². The van der Waals surface area contributed by atoms with Crippen molar-refractivity contribution in [3.63, 3.8) is 0 Å². The Balaban J connectivity index is 1.80. The molecule has 0 saturated heterocycles. The Bertz CT molecular complexity index is 1030. The van der Waals surface area contributed by atoms with E-state index in [2.05, 4.69) is 0 Å². The molecular formula is C21H24N2O5S. The number of hydrogen-bond acceptors (Lipinski definition) is 5. The predicted octanol–water partition coefficient (Wildman–Crippen LogP) is 2.07. The van der Waals surface area contributed by atoms with Gasteiger partial charge < -0.3 is 9.64 Å². The first-order chi connectivity index (χ1) is 13.7. The second kappa shape index (κ2) is 8.34. The number of carbonyl (C=O) groups is 2. The lowest BCUT2D eigenvalue weighted by molar-refractivity contribution is -0.137. The molecule has 0 aliphatic carbocycles. The molecular weight excluding hydrogens is 392 g/mol. The van der Waals surface area contributed by atoms with Crippen LogP contribution in [0, 0.1) is 0 Å². The fourth-order valence-electron chi connectivity index (χ4n) is 3.25. The van der Waals surface area contributed by atoms with Crippen LogP contribution in [0.25, 0.3) is 0 Å². The van der Waals surface area contributed by atoms with E-state index in [0.717, 1.165) is 11.1 Å². The summed E-state index contributed by atoms with van der Waals surface area (Å²) in [4.78, 5) is 25.6. The summed E-state index contributed by atoms with van der Waals surface area (Å²) in [6, 6.07) is 13.5. The quantitative estimate of drug-likeness (QED) is 0.697. The molecule has 0 spiro atoms. The van der Waals surface area contributed by atoms with Crippen molar-refractivity contribution in [2.24, 2.45) is 0 Å². The highest BCUT2D eigenvalue weighted by Gasteiger charge is 2.29. The zero-order valence-corrected chi connectivity index (χ0v) is 17.5. The predicted molar refractivity (Wildman–Crippen MR) is 108 cm³/mol. The van der Waals surface area contributed by atoms with Crippen molar-refractivity contribution in [3.8, 4) is 0 Å². The van der Waals surface area contributed by atoms with Crippen LogP contribution in [0.4, 0.5) is 0 Å². The lowest BCUT2D eigenvalue weighted by Gasteiger charge is -2.28. The lowest BCUT2D eigenvalue weighted by Crippen LogP contribution is -2.36. The third-order valence-corrected chi connectivity index (χ3v) is 6.72. The number of esters is 1. The number of hydrogen-bond donors (Lipinski definition) is 0. The zero-order chi connectivity index (χ0) is 21.2. The first-order valence-electron chi connectivity index (χ1n) is 9.29. The Morgan fingerprint density at radius 2 is 1.76 bits per heavy atom. The van der Waals surface area contributed by atoms with Crippen molar-refractivity contribution in [1.82, 2.24) is 9.21 Å². The van der Waals surface area contributed by atoms with E-state index < -0.39 is 22.1 Å². The third-order valence-electron chi connectivity index (χ3n) is 4.88. The standard InChI is InChI=1S/C21H24N2O5S/c1-15(20(24)22(2)3)28-21(25)17-9-6-10-19(13-17)29(26,27)23-12-11-16-7-4-5-8-18(16)14-23/h4-10,13,15H,11-12,14H2,1-3H3/t15-/m0/s1. The number of fused-ring (bicyclic) bond motifs is 1. The SMILES string of the molecule is C[C@H](OC(=O)c1cccc(S(=O)(=O)N2CCc3ccccc3C2)c1)C(=O)N(C)C. The van der Waals surface area contributed by atoms with E-state index >= 15 is 0 Å². The maximum Gasteiger partial charge on any atom is 0.338 e. The summed E-state index contributed by atoms with van der Waals surface area (Å²) in [7, 11) is -0.636. The van der Waals surface area contributed by atoms with Gasteiger partial charge in [-0.2, -0.15) is 4.31 Å². The van der Waals surface area contributed by atoms with Gasteiger partial charge in [-0.1, -0.05) is 30.3 Å². The molecule has 0 aromatic heterocycles. The molecule has 1 aliphatic heterocycles. The number of nitrogens with zero attached hydrogens (tertiary/aromatic N) is 2. The highest BCUT2D eigenvalue weighted by atomic mass is 32.2. The van der Waals surface area contributed by atoms with Crippen LogP contribution in [0.15, 0.2) is 53.4 Å². The van der Waals surface area contributed by atoms with Gasteiger partial charge in [0.25, 0.3) is 5.91 Å². The largest absolute Gasteiger partial charge is 0.449 e. The van der Waals surface area contributed by atoms with Crippen LogP contribution in [0.3, 0.4) is 0 Å². The molecule has 0 saturated carbocycles. The van der Waals surface area contributed by atoms with E-state index in [0.29, 0.717) is 19.5 Å². The summed E-state index contributed by atoms with van der Waals surface area (Å²) < 4.78 is 32.8. The Labute approximate surface area is 170 Å². The molecule has 1 atom stereocenters. The summed E-state index contributed by atoms with van der Waals surface area (Å²) in [5, 5.41) is 0. The average molecular weight is 416 g/mol. The molecule has 3 rings (SSSR count). The molecule has 7 nitrogen and oxygen atoms in total. The fourth-order valence-corrected chi connectivity index (χ4v) is 4.72. The maximum atomic E-state index is 13.1. The van der Waals surface area contributed by atoms with Gasteiger partial charge in [-0.3, -0.25) is 4.79 Å². The van der Waals surface area contributed by atoms with Crippen LogP contribution >= 0.6 is 0 Å². The molecule has 8 heteroatoms. The zero-order valence-electron chi connectivity index (χ0n) is 16.7. The third kappa shape index (κ3) is 4.49.